The number of carbonyl (C=O) groups excluding carboxylic acids is 2. The lowest BCUT2D eigenvalue weighted by molar-refractivity contribution is 0.0521. The van der Waals surface area contributed by atoms with E-state index in [0.717, 1.165) is 5.56 Å². The number of nitrogens with one attached hydrogen (secondary N) is 3. The number of hydrogen-bond donors (Lipinski definition) is 3. The van der Waals surface area contributed by atoms with Crippen molar-refractivity contribution in [1.82, 2.24) is 10.3 Å². The molecule has 0 unspecified atom stereocenters. The van der Waals surface area contributed by atoms with Gasteiger partial charge in [0, 0.05) is 6.20 Å². The molecular weight excluding hydrogens is 282 g/mol. The zero-order valence-electron chi connectivity index (χ0n) is 11.5. The third-order valence-corrected chi connectivity index (χ3v) is 2.49. The van der Waals surface area contributed by atoms with E-state index in [2.05, 4.69) is 15.6 Å². The van der Waals surface area contributed by atoms with Crippen LogP contribution in [0.15, 0.2) is 6.20 Å². The summed E-state index contributed by atoms with van der Waals surface area (Å²) >= 11 is 4.97. The quantitative estimate of drug-likeness (QED) is 0.581. The summed E-state index contributed by atoms with van der Waals surface area (Å²) in [5.74, 6) is -0.498. The summed E-state index contributed by atoms with van der Waals surface area (Å²) in [5.41, 5.74) is 1.48. The van der Waals surface area contributed by atoms with E-state index >= 15 is 0 Å². The highest BCUT2D eigenvalue weighted by Crippen LogP contribution is 2.20. The molecule has 1 amide bonds. The molecular formula is C12H17N3O4S. The minimum atomic E-state index is -0.657. The van der Waals surface area contributed by atoms with E-state index < -0.39 is 12.1 Å². The molecule has 1 rings (SSSR count). The largest absolute Gasteiger partial charge is 0.461 e. The van der Waals surface area contributed by atoms with Gasteiger partial charge in [-0.25, -0.2) is 9.59 Å². The molecule has 1 heterocycles. The number of anilines is 1. The average molecular weight is 299 g/mol. The second-order valence-electron chi connectivity index (χ2n) is 3.74. The summed E-state index contributed by atoms with van der Waals surface area (Å²) in [5, 5.41) is 5.15. The van der Waals surface area contributed by atoms with Crippen molar-refractivity contribution in [2.45, 2.75) is 20.8 Å². The van der Waals surface area contributed by atoms with Gasteiger partial charge in [-0.3, -0.25) is 5.32 Å². The molecule has 0 aliphatic carbocycles. The fourth-order valence-corrected chi connectivity index (χ4v) is 1.64. The number of carbonyl (C=O) groups is 2. The fraction of sp³-hybridized carbons (Fsp3) is 0.417. The van der Waals surface area contributed by atoms with E-state index in [1.165, 1.54) is 0 Å². The number of aryl methyl sites for hydroxylation is 1. The van der Waals surface area contributed by atoms with E-state index in [1.807, 2.05) is 0 Å². The first-order valence-corrected chi connectivity index (χ1v) is 6.50. The Morgan fingerprint density at radius 3 is 2.55 bits per heavy atom. The molecule has 7 nitrogen and oxygen atoms in total. The van der Waals surface area contributed by atoms with Crippen molar-refractivity contribution in [3.8, 4) is 0 Å². The van der Waals surface area contributed by atoms with Crippen LogP contribution in [-0.2, 0) is 9.47 Å². The van der Waals surface area contributed by atoms with Gasteiger partial charge in [0.25, 0.3) is 0 Å². The highest BCUT2D eigenvalue weighted by molar-refractivity contribution is 7.80. The molecule has 0 radical (unpaired) electrons. The number of H-pyrrole nitrogens is 1. The predicted octanol–water partition coefficient (Wildman–Crippen LogP) is 1.94. The van der Waals surface area contributed by atoms with Crippen molar-refractivity contribution in [2.75, 3.05) is 18.5 Å². The Hall–Kier alpha value is -2.09. The zero-order chi connectivity index (χ0) is 15.1. The second-order valence-corrected chi connectivity index (χ2v) is 4.15. The van der Waals surface area contributed by atoms with Gasteiger partial charge in [-0.05, 0) is 38.6 Å². The SMILES string of the molecule is CCOC(=O)NC(=S)Nc1c(C)c[nH]c1C(=O)OCC. The number of hydrogen-bond acceptors (Lipinski definition) is 5. The summed E-state index contributed by atoms with van der Waals surface area (Å²) < 4.78 is 9.62. The van der Waals surface area contributed by atoms with Crippen LogP contribution < -0.4 is 10.6 Å². The molecule has 1 aromatic rings. The lowest BCUT2D eigenvalue weighted by Crippen LogP contribution is -2.35. The molecule has 1 aromatic heterocycles. The fourth-order valence-electron chi connectivity index (χ4n) is 1.45. The van der Waals surface area contributed by atoms with Crippen molar-refractivity contribution < 1.29 is 19.1 Å². The first kappa shape index (κ1) is 16.0. The standard InChI is InChI=1S/C12H17N3O4S/c1-4-18-10(16)9-8(7(3)6-13-9)14-11(20)15-12(17)19-5-2/h6,13H,4-5H2,1-3H3,(H2,14,15,17,20). The number of amides is 1. The van der Waals surface area contributed by atoms with Crippen LogP contribution in [0.4, 0.5) is 10.5 Å². The van der Waals surface area contributed by atoms with Gasteiger partial charge in [-0.2, -0.15) is 0 Å². The van der Waals surface area contributed by atoms with E-state index in [0.29, 0.717) is 5.69 Å². The Morgan fingerprint density at radius 1 is 1.30 bits per heavy atom. The van der Waals surface area contributed by atoms with Crippen molar-refractivity contribution >= 4 is 35.1 Å². The molecule has 0 saturated heterocycles. The van der Waals surface area contributed by atoms with Gasteiger partial charge < -0.3 is 19.8 Å². The number of aromatic nitrogens is 1. The molecule has 0 atom stereocenters. The van der Waals surface area contributed by atoms with Crippen LogP contribution in [0.3, 0.4) is 0 Å². The Morgan fingerprint density at radius 2 is 1.95 bits per heavy atom. The number of thiocarbonyl (C=S) groups is 1. The highest BCUT2D eigenvalue weighted by Gasteiger charge is 2.18. The number of ether oxygens (including phenoxy) is 2. The summed E-state index contributed by atoms with van der Waals surface area (Å²) in [4.78, 5) is 25.8. The van der Waals surface area contributed by atoms with Gasteiger partial charge in [-0.15, -0.1) is 0 Å². The van der Waals surface area contributed by atoms with Gasteiger partial charge in [0.05, 0.1) is 18.9 Å². The summed E-state index contributed by atoms with van der Waals surface area (Å²) in [7, 11) is 0. The van der Waals surface area contributed by atoms with Gasteiger partial charge in [-0.1, -0.05) is 0 Å². The smallest absolute Gasteiger partial charge is 0.413 e. The summed E-state index contributed by atoms with van der Waals surface area (Å²) in [6.45, 7) is 5.70. The van der Waals surface area contributed by atoms with Crippen LogP contribution in [0.1, 0.15) is 29.9 Å². The normalized spacial score (nSPS) is 9.75. The van der Waals surface area contributed by atoms with E-state index in [9.17, 15) is 9.59 Å². The Kier molecular flexibility index (Phi) is 5.98. The van der Waals surface area contributed by atoms with Crippen LogP contribution in [0, 0.1) is 6.92 Å². The van der Waals surface area contributed by atoms with Crippen LogP contribution in [0.5, 0.6) is 0 Å². The van der Waals surface area contributed by atoms with Gasteiger partial charge in [0.2, 0.25) is 0 Å². The number of rotatable bonds is 4. The molecule has 0 saturated carbocycles. The maximum Gasteiger partial charge on any atom is 0.413 e. The van der Waals surface area contributed by atoms with Crippen molar-refractivity contribution in [2.24, 2.45) is 0 Å². The molecule has 0 spiro atoms. The van der Waals surface area contributed by atoms with Crippen LogP contribution in [0.2, 0.25) is 0 Å². The van der Waals surface area contributed by atoms with E-state index in [1.54, 1.807) is 27.0 Å². The Labute approximate surface area is 122 Å². The van der Waals surface area contributed by atoms with Crippen molar-refractivity contribution in [3.05, 3.63) is 17.5 Å². The van der Waals surface area contributed by atoms with Crippen molar-refractivity contribution in [3.63, 3.8) is 0 Å². The number of esters is 1. The maximum absolute atomic E-state index is 11.7. The zero-order valence-corrected chi connectivity index (χ0v) is 12.3. The monoisotopic (exact) mass is 299 g/mol. The van der Waals surface area contributed by atoms with E-state index in [-0.39, 0.29) is 24.0 Å². The molecule has 0 bridgehead atoms. The third-order valence-electron chi connectivity index (χ3n) is 2.29. The number of aromatic amines is 1. The molecule has 3 N–H and O–H groups in total. The van der Waals surface area contributed by atoms with Crippen molar-refractivity contribution in [1.29, 1.82) is 0 Å². The summed E-state index contributed by atoms with van der Waals surface area (Å²) in [6.07, 6.45) is 0.984. The number of alkyl carbamates (subject to hydrolysis) is 1. The van der Waals surface area contributed by atoms with Crippen LogP contribution >= 0.6 is 12.2 Å². The molecule has 20 heavy (non-hydrogen) atoms. The first-order valence-electron chi connectivity index (χ1n) is 6.09. The lowest BCUT2D eigenvalue weighted by atomic mass is 10.2. The summed E-state index contributed by atoms with van der Waals surface area (Å²) in [6, 6.07) is 0. The Balaban J connectivity index is 2.76. The third kappa shape index (κ3) is 4.23. The topological polar surface area (TPSA) is 92.5 Å². The lowest BCUT2D eigenvalue weighted by Gasteiger charge is -2.10. The molecule has 0 aliphatic heterocycles. The van der Waals surface area contributed by atoms with E-state index in [4.69, 9.17) is 21.7 Å². The maximum atomic E-state index is 11.7. The minimum Gasteiger partial charge on any atom is -0.461 e. The van der Waals surface area contributed by atoms with Crippen LogP contribution in [0.25, 0.3) is 0 Å². The molecule has 0 fully saturated rings. The molecule has 110 valence electrons. The van der Waals surface area contributed by atoms with Crippen LogP contribution in [-0.4, -0.2) is 35.4 Å². The van der Waals surface area contributed by atoms with Gasteiger partial charge in [0.1, 0.15) is 5.69 Å². The van der Waals surface area contributed by atoms with Gasteiger partial charge in [0.15, 0.2) is 5.11 Å². The minimum absolute atomic E-state index is 0.0386. The first-order chi connectivity index (χ1) is 9.49. The average Bonchev–Trinajstić information content (AvgIpc) is 2.71. The highest BCUT2D eigenvalue weighted by atomic mass is 32.1. The van der Waals surface area contributed by atoms with Gasteiger partial charge >= 0.3 is 12.1 Å². The predicted molar refractivity (Wildman–Crippen MR) is 77.9 cm³/mol. The molecule has 0 aliphatic rings. The second kappa shape index (κ2) is 7.49. The molecule has 8 heteroatoms. The molecule has 0 aromatic carbocycles. The Bertz CT molecular complexity index is 513.